The first-order valence-electron chi connectivity index (χ1n) is 7.06. The molecular weight excluding hydrogens is 264 g/mol. The van der Waals surface area contributed by atoms with Crippen molar-refractivity contribution >= 4 is 17.3 Å². The SMILES string of the molecule is Nc1cccc2c1N(Cc1ccccc1CC(=O)O)CC2. The van der Waals surface area contributed by atoms with Crippen molar-refractivity contribution in [3.8, 4) is 0 Å². The summed E-state index contributed by atoms with van der Waals surface area (Å²) < 4.78 is 0. The molecule has 4 heteroatoms. The number of fused-ring (bicyclic) bond motifs is 1. The van der Waals surface area contributed by atoms with E-state index in [0.717, 1.165) is 35.5 Å². The molecule has 1 aliphatic heterocycles. The highest BCUT2D eigenvalue weighted by molar-refractivity contribution is 5.74. The van der Waals surface area contributed by atoms with Gasteiger partial charge >= 0.3 is 5.97 Å². The molecule has 0 aromatic heterocycles. The molecule has 0 fully saturated rings. The van der Waals surface area contributed by atoms with Crippen LogP contribution in [0.25, 0.3) is 0 Å². The molecule has 0 saturated heterocycles. The molecule has 2 aromatic rings. The quantitative estimate of drug-likeness (QED) is 0.845. The Morgan fingerprint density at radius 2 is 1.90 bits per heavy atom. The number of aliphatic carboxylic acids is 1. The monoisotopic (exact) mass is 282 g/mol. The van der Waals surface area contributed by atoms with Crippen molar-refractivity contribution in [1.29, 1.82) is 0 Å². The van der Waals surface area contributed by atoms with Crippen molar-refractivity contribution in [2.24, 2.45) is 0 Å². The fourth-order valence-corrected chi connectivity index (χ4v) is 2.98. The molecule has 3 N–H and O–H groups in total. The minimum absolute atomic E-state index is 0.0567. The number of hydrogen-bond donors (Lipinski definition) is 2. The van der Waals surface area contributed by atoms with Crippen LogP contribution in [0.1, 0.15) is 16.7 Å². The lowest BCUT2D eigenvalue weighted by Crippen LogP contribution is -2.21. The summed E-state index contributed by atoms with van der Waals surface area (Å²) in [5, 5.41) is 9.02. The third kappa shape index (κ3) is 2.70. The molecule has 21 heavy (non-hydrogen) atoms. The lowest BCUT2D eigenvalue weighted by molar-refractivity contribution is -0.136. The highest BCUT2D eigenvalue weighted by Crippen LogP contribution is 2.34. The second-order valence-corrected chi connectivity index (χ2v) is 5.37. The van der Waals surface area contributed by atoms with Crippen LogP contribution in [0, 0.1) is 0 Å². The molecule has 0 saturated carbocycles. The van der Waals surface area contributed by atoms with Gasteiger partial charge in [0.15, 0.2) is 0 Å². The number of nitrogens with two attached hydrogens (primary N) is 1. The zero-order valence-electron chi connectivity index (χ0n) is 11.7. The number of rotatable bonds is 4. The maximum absolute atomic E-state index is 11.0. The molecule has 1 heterocycles. The Balaban J connectivity index is 1.88. The van der Waals surface area contributed by atoms with Crippen LogP contribution in [0.5, 0.6) is 0 Å². The van der Waals surface area contributed by atoms with Crippen LogP contribution in [0.15, 0.2) is 42.5 Å². The average Bonchev–Trinajstić information content (AvgIpc) is 2.85. The van der Waals surface area contributed by atoms with Gasteiger partial charge < -0.3 is 15.7 Å². The Kier molecular flexibility index (Phi) is 3.52. The van der Waals surface area contributed by atoms with Gasteiger partial charge in [-0.05, 0) is 29.2 Å². The molecule has 3 rings (SSSR count). The average molecular weight is 282 g/mol. The zero-order chi connectivity index (χ0) is 14.8. The summed E-state index contributed by atoms with van der Waals surface area (Å²) in [7, 11) is 0. The first kappa shape index (κ1) is 13.5. The molecule has 4 nitrogen and oxygen atoms in total. The van der Waals surface area contributed by atoms with Gasteiger partial charge in [0, 0.05) is 13.1 Å². The maximum atomic E-state index is 11.0. The maximum Gasteiger partial charge on any atom is 0.307 e. The van der Waals surface area contributed by atoms with E-state index in [0.29, 0.717) is 6.54 Å². The van der Waals surface area contributed by atoms with Gasteiger partial charge in [-0.2, -0.15) is 0 Å². The summed E-state index contributed by atoms with van der Waals surface area (Å²) in [5.41, 5.74) is 11.2. The fraction of sp³-hybridized carbons (Fsp3) is 0.235. The lowest BCUT2D eigenvalue weighted by Gasteiger charge is -2.22. The largest absolute Gasteiger partial charge is 0.481 e. The Bertz CT molecular complexity index is 682. The Labute approximate surface area is 123 Å². The molecule has 0 radical (unpaired) electrons. The summed E-state index contributed by atoms with van der Waals surface area (Å²) >= 11 is 0. The van der Waals surface area contributed by atoms with Crippen molar-refractivity contribution in [1.82, 2.24) is 0 Å². The van der Waals surface area contributed by atoms with Crippen molar-refractivity contribution in [2.75, 3.05) is 17.2 Å². The topological polar surface area (TPSA) is 66.6 Å². The molecule has 2 aromatic carbocycles. The lowest BCUT2D eigenvalue weighted by atomic mass is 10.0. The summed E-state index contributed by atoms with van der Waals surface area (Å²) in [4.78, 5) is 13.2. The third-order valence-corrected chi connectivity index (χ3v) is 3.94. The smallest absolute Gasteiger partial charge is 0.307 e. The number of carboxylic acids is 1. The molecule has 108 valence electrons. The number of hydrogen-bond acceptors (Lipinski definition) is 3. The van der Waals surface area contributed by atoms with Crippen molar-refractivity contribution < 1.29 is 9.90 Å². The predicted molar refractivity (Wildman–Crippen MR) is 83.4 cm³/mol. The minimum Gasteiger partial charge on any atom is -0.481 e. The standard InChI is InChI=1S/C17H18N2O2/c18-15-7-3-6-12-8-9-19(17(12)15)11-14-5-2-1-4-13(14)10-16(20)21/h1-7H,8-11,18H2,(H,20,21). The van der Waals surface area contributed by atoms with E-state index in [1.807, 2.05) is 36.4 Å². The molecule has 0 spiro atoms. The normalized spacial score (nSPS) is 13.2. The van der Waals surface area contributed by atoms with Crippen LogP contribution in [0.4, 0.5) is 11.4 Å². The third-order valence-electron chi connectivity index (χ3n) is 3.94. The van der Waals surface area contributed by atoms with Gasteiger partial charge in [-0.3, -0.25) is 4.79 Å². The number of carbonyl (C=O) groups is 1. The number of carboxylic acid groups (broad SMARTS) is 1. The molecule has 1 aliphatic rings. The summed E-state index contributed by atoms with van der Waals surface area (Å²) in [6.45, 7) is 1.62. The van der Waals surface area contributed by atoms with Crippen LogP contribution in [0.2, 0.25) is 0 Å². The molecule has 0 amide bonds. The van der Waals surface area contributed by atoms with Gasteiger partial charge in [0.25, 0.3) is 0 Å². The van der Waals surface area contributed by atoms with Crippen LogP contribution < -0.4 is 10.6 Å². The number of anilines is 2. The molecular formula is C17H18N2O2. The fourth-order valence-electron chi connectivity index (χ4n) is 2.98. The van der Waals surface area contributed by atoms with Crippen molar-refractivity contribution in [3.05, 3.63) is 59.2 Å². The van der Waals surface area contributed by atoms with Gasteiger partial charge in [-0.15, -0.1) is 0 Å². The summed E-state index contributed by atoms with van der Waals surface area (Å²) in [6.07, 6.45) is 1.04. The van der Waals surface area contributed by atoms with E-state index in [4.69, 9.17) is 10.8 Å². The second kappa shape index (κ2) is 5.48. The number of benzene rings is 2. The van der Waals surface area contributed by atoms with E-state index < -0.39 is 5.97 Å². The van der Waals surface area contributed by atoms with E-state index in [1.165, 1.54) is 5.56 Å². The molecule has 0 atom stereocenters. The van der Waals surface area contributed by atoms with E-state index in [-0.39, 0.29) is 6.42 Å². The van der Waals surface area contributed by atoms with Gasteiger partial charge in [-0.1, -0.05) is 36.4 Å². The predicted octanol–water partition coefficient (Wildman–Crippen LogP) is 2.46. The Hall–Kier alpha value is -2.49. The van der Waals surface area contributed by atoms with Crippen molar-refractivity contribution in [2.45, 2.75) is 19.4 Å². The second-order valence-electron chi connectivity index (χ2n) is 5.37. The van der Waals surface area contributed by atoms with Crippen molar-refractivity contribution in [3.63, 3.8) is 0 Å². The van der Waals surface area contributed by atoms with E-state index in [9.17, 15) is 4.79 Å². The minimum atomic E-state index is -0.802. The first-order valence-corrected chi connectivity index (χ1v) is 7.06. The Morgan fingerprint density at radius 3 is 2.67 bits per heavy atom. The van der Waals surface area contributed by atoms with Gasteiger partial charge in [0.1, 0.15) is 0 Å². The molecule has 0 aliphatic carbocycles. The first-order chi connectivity index (χ1) is 10.1. The molecule has 0 unspecified atom stereocenters. The molecule has 0 bridgehead atoms. The number of para-hydroxylation sites is 1. The Morgan fingerprint density at radius 1 is 1.14 bits per heavy atom. The number of nitrogens with zero attached hydrogens (tertiary/aromatic N) is 1. The highest BCUT2D eigenvalue weighted by atomic mass is 16.4. The van der Waals surface area contributed by atoms with E-state index >= 15 is 0 Å². The van der Waals surface area contributed by atoms with Crippen LogP contribution in [-0.2, 0) is 24.2 Å². The van der Waals surface area contributed by atoms with E-state index in [1.54, 1.807) is 0 Å². The van der Waals surface area contributed by atoms with Gasteiger partial charge in [-0.25, -0.2) is 0 Å². The van der Waals surface area contributed by atoms with Gasteiger partial charge in [0.2, 0.25) is 0 Å². The highest BCUT2D eigenvalue weighted by Gasteiger charge is 2.22. The van der Waals surface area contributed by atoms with Crippen LogP contribution >= 0.6 is 0 Å². The summed E-state index contributed by atoms with van der Waals surface area (Å²) in [5.74, 6) is -0.802. The van der Waals surface area contributed by atoms with E-state index in [2.05, 4.69) is 11.0 Å². The van der Waals surface area contributed by atoms with Gasteiger partial charge in [0.05, 0.1) is 17.8 Å². The summed E-state index contributed by atoms with van der Waals surface area (Å²) in [6, 6.07) is 13.7. The van der Waals surface area contributed by atoms with Crippen LogP contribution in [0.3, 0.4) is 0 Å². The zero-order valence-corrected chi connectivity index (χ0v) is 11.7. The number of nitrogen functional groups attached to an aromatic ring is 1. The van der Waals surface area contributed by atoms with Crippen LogP contribution in [-0.4, -0.2) is 17.6 Å².